The molecule has 0 atom stereocenters. The number of aryl methyl sites for hydroxylation is 2. The van der Waals surface area contributed by atoms with Gasteiger partial charge in [-0.3, -0.25) is 9.78 Å². The van der Waals surface area contributed by atoms with E-state index in [1.165, 1.54) is 0 Å². The number of nitrogens with one attached hydrogen (secondary N) is 1. The highest BCUT2D eigenvalue weighted by atomic mass is 16.5. The number of aromatic amines is 1. The van der Waals surface area contributed by atoms with Crippen LogP contribution in [0.3, 0.4) is 0 Å². The Bertz CT molecular complexity index is 1240. The van der Waals surface area contributed by atoms with Crippen molar-refractivity contribution >= 4 is 16.9 Å². The first-order chi connectivity index (χ1) is 15.1. The van der Waals surface area contributed by atoms with Gasteiger partial charge in [-0.2, -0.15) is 15.4 Å². The Kier molecular flexibility index (Phi) is 4.97. The van der Waals surface area contributed by atoms with Gasteiger partial charge in [0, 0.05) is 36.7 Å². The molecule has 1 aliphatic rings. The van der Waals surface area contributed by atoms with Crippen molar-refractivity contribution < 1.29 is 9.32 Å². The molecule has 158 valence electrons. The van der Waals surface area contributed by atoms with Gasteiger partial charge in [0.1, 0.15) is 16.8 Å². The van der Waals surface area contributed by atoms with Gasteiger partial charge in [0.2, 0.25) is 0 Å². The number of carbonyl (C=O) groups is 1. The van der Waals surface area contributed by atoms with E-state index in [1.807, 2.05) is 36.1 Å². The minimum Gasteiger partial charge on any atom is -0.360 e. The molecule has 4 aromatic rings. The summed E-state index contributed by atoms with van der Waals surface area (Å²) in [5.74, 6) is 1.23. The van der Waals surface area contributed by atoms with Gasteiger partial charge in [-0.1, -0.05) is 18.1 Å². The molecule has 0 bridgehead atoms. The second kappa shape index (κ2) is 7.94. The van der Waals surface area contributed by atoms with E-state index in [1.54, 1.807) is 6.07 Å². The van der Waals surface area contributed by atoms with E-state index in [-0.39, 0.29) is 5.91 Å². The third kappa shape index (κ3) is 3.58. The van der Waals surface area contributed by atoms with Gasteiger partial charge in [0.05, 0.1) is 17.0 Å². The van der Waals surface area contributed by atoms with Gasteiger partial charge < -0.3 is 9.42 Å². The molecular formula is C23H24N6O2. The van der Waals surface area contributed by atoms with Crippen LogP contribution in [0.15, 0.2) is 40.9 Å². The Morgan fingerprint density at radius 3 is 2.77 bits per heavy atom. The van der Waals surface area contributed by atoms with E-state index in [0.717, 1.165) is 53.2 Å². The lowest BCUT2D eigenvalue weighted by molar-refractivity contribution is 0.0712. The fraction of sp³-hybridized carbons (Fsp3) is 0.348. The van der Waals surface area contributed by atoms with Crippen LogP contribution in [0.4, 0.5) is 0 Å². The number of nitrogens with zero attached hydrogens (tertiary/aromatic N) is 5. The van der Waals surface area contributed by atoms with Crippen molar-refractivity contribution in [2.24, 2.45) is 0 Å². The van der Waals surface area contributed by atoms with E-state index < -0.39 is 0 Å². The molecule has 0 aliphatic carbocycles. The predicted molar refractivity (Wildman–Crippen MR) is 116 cm³/mol. The largest absolute Gasteiger partial charge is 0.360 e. The third-order valence-corrected chi connectivity index (χ3v) is 6.05. The molecule has 1 fully saturated rings. The first-order valence-corrected chi connectivity index (χ1v) is 10.7. The first-order valence-electron chi connectivity index (χ1n) is 10.7. The molecule has 0 spiro atoms. The first kappa shape index (κ1) is 19.4. The standard InChI is InChI=1S/C23H24N6O2/c1-3-21-22(14(2)27-31-21)19-6-4-5-17(24-19)15-9-11-29(12-10-15)23(30)16-7-8-18-20(13-16)26-28-25-18/h4-8,13,15H,3,9-12H2,1-2H3,(H,25,26,28). The van der Waals surface area contributed by atoms with Crippen LogP contribution in [0.25, 0.3) is 22.3 Å². The highest BCUT2D eigenvalue weighted by Crippen LogP contribution is 2.31. The molecule has 0 radical (unpaired) electrons. The minimum atomic E-state index is 0.0396. The Morgan fingerprint density at radius 2 is 1.97 bits per heavy atom. The van der Waals surface area contributed by atoms with Crippen molar-refractivity contribution in [3.8, 4) is 11.3 Å². The Morgan fingerprint density at radius 1 is 1.16 bits per heavy atom. The van der Waals surface area contributed by atoms with Crippen LogP contribution in [0.1, 0.15) is 53.2 Å². The molecule has 4 heterocycles. The number of H-pyrrole nitrogens is 1. The summed E-state index contributed by atoms with van der Waals surface area (Å²) in [5, 5.41) is 14.8. The summed E-state index contributed by atoms with van der Waals surface area (Å²) >= 11 is 0. The zero-order valence-corrected chi connectivity index (χ0v) is 17.6. The Labute approximate surface area is 179 Å². The van der Waals surface area contributed by atoms with Gasteiger partial charge >= 0.3 is 0 Å². The second-order valence-electron chi connectivity index (χ2n) is 7.96. The van der Waals surface area contributed by atoms with Crippen molar-refractivity contribution in [1.82, 2.24) is 30.5 Å². The van der Waals surface area contributed by atoms with E-state index >= 15 is 0 Å². The number of piperidine rings is 1. The molecule has 3 aromatic heterocycles. The molecule has 8 nitrogen and oxygen atoms in total. The van der Waals surface area contributed by atoms with Gasteiger partial charge in [0.25, 0.3) is 5.91 Å². The maximum Gasteiger partial charge on any atom is 0.253 e. The lowest BCUT2D eigenvalue weighted by atomic mass is 9.92. The quantitative estimate of drug-likeness (QED) is 0.541. The van der Waals surface area contributed by atoms with Crippen LogP contribution in [0.2, 0.25) is 0 Å². The number of hydrogen-bond acceptors (Lipinski definition) is 6. The van der Waals surface area contributed by atoms with Crippen molar-refractivity contribution in [2.45, 2.75) is 39.0 Å². The molecule has 31 heavy (non-hydrogen) atoms. The summed E-state index contributed by atoms with van der Waals surface area (Å²) in [6, 6.07) is 11.6. The fourth-order valence-corrected chi connectivity index (χ4v) is 4.34. The van der Waals surface area contributed by atoms with Gasteiger partial charge in [-0.05, 0) is 50.1 Å². The zero-order valence-electron chi connectivity index (χ0n) is 17.6. The molecule has 1 N–H and O–H groups in total. The van der Waals surface area contributed by atoms with Gasteiger partial charge in [-0.25, -0.2) is 0 Å². The lowest BCUT2D eigenvalue weighted by Gasteiger charge is -2.32. The Balaban J connectivity index is 1.30. The van der Waals surface area contributed by atoms with Crippen molar-refractivity contribution in [3.63, 3.8) is 0 Å². The number of likely N-dealkylation sites (tertiary alicyclic amines) is 1. The van der Waals surface area contributed by atoms with Crippen LogP contribution < -0.4 is 0 Å². The molecule has 0 saturated carbocycles. The van der Waals surface area contributed by atoms with Crippen LogP contribution >= 0.6 is 0 Å². The molecular weight excluding hydrogens is 392 g/mol. The molecule has 1 aliphatic heterocycles. The van der Waals surface area contributed by atoms with E-state index in [0.29, 0.717) is 30.1 Å². The van der Waals surface area contributed by atoms with Crippen LogP contribution in [-0.4, -0.2) is 49.4 Å². The average Bonchev–Trinajstić information content (AvgIpc) is 3.44. The van der Waals surface area contributed by atoms with Crippen LogP contribution in [0, 0.1) is 6.92 Å². The van der Waals surface area contributed by atoms with Crippen molar-refractivity contribution in [3.05, 3.63) is 59.1 Å². The van der Waals surface area contributed by atoms with Gasteiger partial charge in [-0.15, -0.1) is 0 Å². The highest BCUT2D eigenvalue weighted by molar-refractivity contribution is 5.97. The highest BCUT2D eigenvalue weighted by Gasteiger charge is 2.26. The molecule has 1 saturated heterocycles. The number of benzene rings is 1. The van der Waals surface area contributed by atoms with Gasteiger partial charge in [0.15, 0.2) is 0 Å². The van der Waals surface area contributed by atoms with E-state index in [2.05, 4.69) is 33.6 Å². The number of aromatic nitrogens is 5. The fourth-order valence-electron chi connectivity index (χ4n) is 4.34. The van der Waals surface area contributed by atoms with Crippen molar-refractivity contribution in [2.75, 3.05) is 13.1 Å². The van der Waals surface area contributed by atoms with Crippen LogP contribution in [-0.2, 0) is 6.42 Å². The minimum absolute atomic E-state index is 0.0396. The topological polar surface area (TPSA) is 101 Å². The third-order valence-electron chi connectivity index (χ3n) is 6.05. The maximum atomic E-state index is 13.0. The Hall–Kier alpha value is -3.55. The molecule has 1 aromatic carbocycles. The number of amides is 1. The second-order valence-corrected chi connectivity index (χ2v) is 7.96. The molecule has 0 unspecified atom stereocenters. The zero-order chi connectivity index (χ0) is 21.4. The number of carbonyl (C=O) groups excluding carboxylic acids is 1. The smallest absolute Gasteiger partial charge is 0.253 e. The summed E-state index contributed by atoms with van der Waals surface area (Å²) < 4.78 is 5.44. The number of fused-ring (bicyclic) bond motifs is 1. The molecule has 5 rings (SSSR count). The van der Waals surface area contributed by atoms with E-state index in [4.69, 9.17) is 9.51 Å². The normalized spacial score (nSPS) is 15.0. The summed E-state index contributed by atoms with van der Waals surface area (Å²) in [4.78, 5) is 19.8. The van der Waals surface area contributed by atoms with Crippen molar-refractivity contribution in [1.29, 1.82) is 0 Å². The summed E-state index contributed by atoms with van der Waals surface area (Å²) in [5.41, 5.74) is 5.96. The predicted octanol–water partition coefficient (Wildman–Crippen LogP) is 3.90. The summed E-state index contributed by atoms with van der Waals surface area (Å²) in [7, 11) is 0. The summed E-state index contributed by atoms with van der Waals surface area (Å²) in [6.07, 6.45) is 2.55. The molecule has 1 amide bonds. The number of hydrogen-bond donors (Lipinski definition) is 1. The van der Waals surface area contributed by atoms with Crippen LogP contribution in [0.5, 0.6) is 0 Å². The average molecular weight is 416 g/mol. The lowest BCUT2D eigenvalue weighted by Crippen LogP contribution is -2.38. The summed E-state index contributed by atoms with van der Waals surface area (Å²) in [6.45, 7) is 5.42. The SMILES string of the molecule is CCc1onc(C)c1-c1cccc(C2CCN(C(=O)c3ccc4n[nH]nc4c3)CC2)n1. The van der Waals surface area contributed by atoms with E-state index in [9.17, 15) is 4.79 Å². The molecule has 8 heteroatoms. The number of rotatable bonds is 4. The maximum absolute atomic E-state index is 13.0. The monoisotopic (exact) mass is 416 g/mol. The number of pyridine rings is 1.